The third-order valence-electron chi connectivity index (χ3n) is 3.54. The van der Waals surface area contributed by atoms with Crippen molar-refractivity contribution in [2.75, 3.05) is 12.3 Å². The molecule has 0 unspecified atom stereocenters. The molecule has 0 aliphatic rings. The third-order valence-corrected chi connectivity index (χ3v) is 3.54. The fraction of sp³-hybridized carbons (Fsp3) is 0.188. The minimum Gasteiger partial charge on any atom is -0.480 e. The molecule has 3 aromatic rings. The average Bonchev–Trinajstić information content (AvgIpc) is 2.79. The van der Waals surface area contributed by atoms with Gasteiger partial charge in [-0.05, 0) is 23.8 Å². The van der Waals surface area contributed by atoms with Crippen molar-refractivity contribution in [2.45, 2.75) is 6.18 Å². The van der Waals surface area contributed by atoms with Crippen molar-refractivity contribution in [2.24, 2.45) is 7.05 Å². The number of aryl methyl sites for hydroxylation is 1. The fourth-order valence-electron chi connectivity index (χ4n) is 2.49. The van der Waals surface area contributed by atoms with Crippen molar-refractivity contribution in [3.63, 3.8) is 0 Å². The number of nitrogens with zero attached hydrogens (tertiary/aromatic N) is 2. The van der Waals surface area contributed by atoms with Gasteiger partial charge in [0.2, 0.25) is 0 Å². The lowest BCUT2D eigenvalue weighted by Gasteiger charge is -2.14. The predicted octanol–water partition coefficient (Wildman–Crippen LogP) is 3.90. The Morgan fingerprint density at radius 2 is 1.96 bits per heavy atom. The van der Waals surface area contributed by atoms with Crippen molar-refractivity contribution < 1.29 is 22.3 Å². The molecule has 0 atom stereocenters. The quantitative estimate of drug-likeness (QED) is 0.736. The molecule has 0 aliphatic carbocycles. The second kappa shape index (κ2) is 5.70. The van der Waals surface area contributed by atoms with E-state index in [1.165, 1.54) is 12.1 Å². The highest BCUT2D eigenvalue weighted by Gasteiger charge is 2.29. The first-order valence-corrected chi connectivity index (χ1v) is 6.97. The number of nitrogen functional groups attached to an aromatic ring is 1. The molecule has 0 aliphatic heterocycles. The van der Waals surface area contributed by atoms with Crippen molar-refractivity contribution in [3.05, 3.63) is 42.2 Å². The highest BCUT2D eigenvalue weighted by Crippen LogP contribution is 2.35. The second-order valence-corrected chi connectivity index (χ2v) is 5.26. The molecular formula is C16H13F4N3O. The Morgan fingerprint density at radius 1 is 1.21 bits per heavy atom. The Hall–Kier alpha value is -2.77. The first kappa shape index (κ1) is 16.1. The van der Waals surface area contributed by atoms with Crippen LogP contribution in [0.1, 0.15) is 0 Å². The zero-order valence-electron chi connectivity index (χ0n) is 12.6. The number of nitrogens with two attached hydrogens (primary N) is 1. The molecule has 0 radical (unpaired) electrons. The van der Waals surface area contributed by atoms with E-state index in [4.69, 9.17) is 5.73 Å². The molecule has 0 bridgehead atoms. The zero-order chi connectivity index (χ0) is 17.5. The number of fused-ring (bicyclic) bond motifs is 1. The van der Waals surface area contributed by atoms with Gasteiger partial charge in [0.15, 0.2) is 24.0 Å². The topological polar surface area (TPSA) is 53.1 Å². The number of hydrogen-bond acceptors (Lipinski definition) is 3. The van der Waals surface area contributed by atoms with Gasteiger partial charge in [0.1, 0.15) is 0 Å². The summed E-state index contributed by atoms with van der Waals surface area (Å²) in [6.07, 6.45) is -4.56. The Labute approximate surface area is 134 Å². The smallest absolute Gasteiger partial charge is 0.422 e. The molecule has 126 valence electrons. The van der Waals surface area contributed by atoms with E-state index in [9.17, 15) is 17.6 Å². The molecular weight excluding hydrogens is 326 g/mol. The van der Waals surface area contributed by atoms with E-state index in [-0.39, 0.29) is 5.56 Å². The van der Waals surface area contributed by atoms with Gasteiger partial charge < -0.3 is 10.5 Å². The predicted molar refractivity (Wildman–Crippen MR) is 82.1 cm³/mol. The summed E-state index contributed by atoms with van der Waals surface area (Å²) in [4.78, 5) is 0. The van der Waals surface area contributed by atoms with Crippen LogP contribution < -0.4 is 10.5 Å². The Bertz CT molecular complexity index is 902. The molecule has 2 aromatic carbocycles. The number of halogens is 4. The number of alkyl halides is 3. The van der Waals surface area contributed by atoms with E-state index in [2.05, 4.69) is 9.84 Å². The van der Waals surface area contributed by atoms with Gasteiger partial charge in [-0.15, -0.1) is 0 Å². The van der Waals surface area contributed by atoms with Crippen LogP contribution in [0.3, 0.4) is 0 Å². The van der Waals surface area contributed by atoms with Crippen LogP contribution in [0.25, 0.3) is 22.0 Å². The van der Waals surface area contributed by atoms with Crippen molar-refractivity contribution in [1.82, 2.24) is 9.78 Å². The first-order valence-electron chi connectivity index (χ1n) is 6.97. The molecule has 2 N–H and O–H groups in total. The Kier molecular flexibility index (Phi) is 3.82. The van der Waals surface area contributed by atoms with E-state index < -0.39 is 24.3 Å². The van der Waals surface area contributed by atoms with Crippen LogP contribution in [0, 0.1) is 5.82 Å². The average molecular weight is 339 g/mol. The highest BCUT2D eigenvalue weighted by molar-refractivity contribution is 5.92. The normalized spacial score (nSPS) is 11.9. The van der Waals surface area contributed by atoms with Gasteiger partial charge in [0.05, 0.1) is 5.52 Å². The number of anilines is 1. The number of rotatable bonds is 3. The van der Waals surface area contributed by atoms with Gasteiger partial charge in [-0.1, -0.05) is 18.2 Å². The lowest BCUT2D eigenvalue weighted by molar-refractivity contribution is -0.153. The molecule has 4 nitrogen and oxygen atoms in total. The molecule has 0 saturated heterocycles. The Balaban J connectivity index is 2.09. The second-order valence-electron chi connectivity index (χ2n) is 5.26. The van der Waals surface area contributed by atoms with Gasteiger partial charge in [0, 0.05) is 18.0 Å². The molecule has 0 saturated carbocycles. The maximum Gasteiger partial charge on any atom is 0.422 e. The van der Waals surface area contributed by atoms with Crippen molar-refractivity contribution in [1.29, 1.82) is 0 Å². The van der Waals surface area contributed by atoms with E-state index in [1.54, 1.807) is 29.9 Å². The van der Waals surface area contributed by atoms with Crippen LogP contribution in [-0.4, -0.2) is 22.6 Å². The first-order chi connectivity index (χ1) is 11.3. The maximum atomic E-state index is 14.0. The van der Waals surface area contributed by atoms with E-state index in [1.807, 2.05) is 0 Å². The lowest BCUT2D eigenvalue weighted by Crippen LogP contribution is -2.20. The highest BCUT2D eigenvalue weighted by atomic mass is 19.4. The summed E-state index contributed by atoms with van der Waals surface area (Å²) in [6, 6.07) is 8.95. The Morgan fingerprint density at radius 3 is 2.67 bits per heavy atom. The number of ether oxygens (including phenoxy) is 1. The largest absolute Gasteiger partial charge is 0.480 e. The van der Waals surface area contributed by atoms with Crippen LogP contribution in [0.4, 0.5) is 23.4 Å². The molecule has 1 aromatic heterocycles. The van der Waals surface area contributed by atoms with E-state index in [0.29, 0.717) is 22.3 Å². The monoisotopic (exact) mass is 339 g/mol. The summed E-state index contributed by atoms with van der Waals surface area (Å²) in [6.45, 7) is -1.57. The molecule has 0 amide bonds. The van der Waals surface area contributed by atoms with Crippen LogP contribution in [0.15, 0.2) is 36.4 Å². The lowest BCUT2D eigenvalue weighted by atomic mass is 10.0. The van der Waals surface area contributed by atoms with E-state index >= 15 is 0 Å². The van der Waals surface area contributed by atoms with E-state index in [0.717, 1.165) is 6.07 Å². The van der Waals surface area contributed by atoms with Gasteiger partial charge in [0.25, 0.3) is 0 Å². The summed E-state index contributed by atoms with van der Waals surface area (Å²) in [5.74, 6) is -0.961. The third kappa shape index (κ3) is 2.99. The summed E-state index contributed by atoms with van der Waals surface area (Å²) in [7, 11) is 1.69. The molecule has 3 rings (SSSR count). The van der Waals surface area contributed by atoms with Crippen LogP contribution in [0.2, 0.25) is 0 Å². The van der Waals surface area contributed by atoms with Gasteiger partial charge in [-0.25, -0.2) is 4.39 Å². The minimum atomic E-state index is -4.56. The van der Waals surface area contributed by atoms with Crippen molar-refractivity contribution >= 4 is 16.7 Å². The number of para-hydroxylation sites is 1. The molecule has 1 heterocycles. The standard InChI is InChI=1S/C16H13F4N3O/c1-23-13-7-9(5-6-11(13)15(21)22-23)10-3-2-4-12(17)14(10)24-8-16(18,19)20/h2-7H,8H2,1H3,(H2,21,22). The summed E-state index contributed by atoms with van der Waals surface area (Å²) in [5, 5.41) is 4.78. The molecule has 24 heavy (non-hydrogen) atoms. The molecule has 0 fully saturated rings. The zero-order valence-corrected chi connectivity index (χ0v) is 12.6. The summed E-state index contributed by atoms with van der Waals surface area (Å²) < 4.78 is 57.4. The van der Waals surface area contributed by atoms with Gasteiger partial charge in [-0.3, -0.25) is 4.68 Å². The number of benzene rings is 2. The maximum absolute atomic E-state index is 14.0. The summed E-state index contributed by atoms with van der Waals surface area (Å²) >= 11 is 0. The molecule has 0 spiro atoms. The van der Waals surface area contributed by atoms with Crippen LogP contribution in [-0.2, 0) is 7.05 Å². The molecule has 8 heteroatoms. The number of hydrogen-bond donors (Lipinski definition) is 1. The minimum absolute atomic E-state index is 0.223. The van der Waals surface area contributed by atoms with Crippen LogP contribution >= 0.6 is 0 Å². The number of aromatic nitrogens is 2. The van der Waals surface area contributed by atoms with Crippen LogP contribution in [0.5, 0.6) is 5.75 Å². The summed E-state index contributed by atoms with van der Waals surface area (Å²) in [5.41, 5.74) is 7.18. The van der Waals surface area contributed by atoms with Crippen molar-refractivity contribution in [3.8, 4) is 16.9 Å². The van der Waals surface area contributed by atoms with Gasteiger partial charge in [-0.2, -0.15) is 18.3 Å². The fourth-order valence-corrected chi connectivity index (χ4v) is 2.49. The SMILES string of the molecule is Cn1nc(N)c2ccc(-c3cccc(F)c3OCC(F)(F)F)cc21. The van der Waals surface area contributed by atoms with Gasteiger partial charge >= 0.3 is 6.18 Å².